The van der Waals surface area contributed by atoms with Crippen LogP contribution in [0.3, 0.4) is 0 Å². The van der Waals surface area contributed by atoms with Crippen molar-refractivity contribution in [2.75, 3.05) is 5.32 Å². The van der Waals surface area contributed by atoms with Gasteiger partial charge in [-0.25, -0.2) is 0 Å². The molecule has 0 bridgehead atoms. The Morgan fingerprint density at radius 1 is 1.09 bits per heavy atom. The van der Waals surface area contributed by atoms with Crippen molar-refractivity contribution < 1.29 is 22.8 Å². The van der Waals surface area contributed by atoms with Gasteiger partial charge in [-0.3, -0.25) is 15.1 Å². The van der Waals surface area contributed by atoms with Crippen LogP contribution in [0.2, 0.25) is 10.0 Å². The summed E-state index contributed by atoms with van der Waals surface area (Å²) in [6.07, 6.45) is -3.94. The third-order valence-corrected chi connectivity index (χ3v) is 5.87. The number of rotatable bonds is 4. The third-order valence-electron chi connectivity index (χ3n) is 5.43. The summed E-state index contributed by atoms with van der Waals surface area (Å²) in [5.74, 6) is -0.467. The van der Waals surface area contributed by atoms with Crippen LogP contribution >= 0.6 is 23.2 Å². The van der Waals surface area contributed by atoms with E-state index in [-0.39, 0.29) is 26.9 Å². The molecule has 1 aliphatic rings. The summed E-state index contributed by atoms with van der Waals surface area (Å²) in [6.45, 7) is 1.74. The molecule has 0 aliphatic carbocycles. The lowest BCUT2D eigenvalue weighted by molar-refractivity contribution is -0.269. The molecule has 1 unspecified atom stereocenters. The molecule has 1 heterocycles. The minimum absolute atomic E-state index is 0.0300. The summed E-state index contributed by atoms with van der Waals surface area (Å²) >= 11 is 11.9. The van der Waals surface area contributed by atoms with Crippen molar-refractivity contribution in [2.24, 2.45) is 0 Å². The number of nitrogens with one attached hydrogen (secondary N) is 2. The number of amides is 1. The van der Waals surface area contributed by atoms with Crippen molar-refractivity contribution in [3.8, 4) is 6.07 Å². The lowest BCUT2D eigenvalue weighted by Gasteiger charge is -2.28. The molecule has 0 saturated carbocycles. The molecule has 5 nitrogen and oxygen atoms in total. The molecular formula is C25H16Cl2F3N3O2. The van der Waals surface area contributed by atoms with Gasteiger partial charge in [0.25, 0.3) is 5.91 Å². The van der Waals surface area contributed by atoms with E-state index in [0.29, 0.717) is 22.4 Å². The van der Waals surface area contributed by atoms with Crippen molar-refractivity contribution in [1.29, 1.82) is 5.26 Å². The van der Waals surface area contributed by atoms with Crippen LogP contribution < -0.4 is 10.8 Å². The summed E-state index contributed by atoms with van der Waals surface area (Å²) < 4.78 is 42.7. The Balaban J connectivity index is 1.70. The number of aryl methyl sites for hydroxylation is 1. The first kappa shape index (κ1) is 24.6. The van der Waals surface area contributed by atoms with Crippen LogP contribution in [0.15, 0.2) is 66.7 Å². The Hall–Kier alpha value is -3.51. The van der Waals surface area contributed by atoms with Crippen LogP contribution in [0.5, 0.6) is 0 Å². The lowest BCUT2D eigenvalue weighted by Crippen LogP contribution is -2.42. The van der Waals surface area contributed by atoms with Crippen LogP contribution in [0.1, 0.15) is 32.6 Å². The first-order valence-corrected chi connectivity index (χ1v) is 10.9. The van der Waals surface area contributed by atoms with Crippen LogP contribution in [0.25, 0.3) is 5.70 Å². The fourth-order valence-electron chi connectivity index (χ4n) is 3.60. The van der Waals surface area contributed by atoms with E-state index in [9.17, 15) is 18.0 Å². The van der Waals surface area contributed by atoms with E-state index in [4.69, 9.17) is 33.3 Å². The van der Waals surface area contributed by atoms with Gasteiger partial charge in [0.1, 0.15) is 0 Å². The number of carbonyl (C=O) groups is 1. The highest BCUT2D eigenvalue weighted by Crippen LogP contribution is 2.48. The molecule has 0 saturated heterocycles. The Morgan fingerprint density at radius 3 is 2.46 bits per heavy atom. The number of anilines is 1. The summed E-state index contributed by atoms with van der Waals surface area (Å²) in [5, 5.41) is 11.8. The summed E-state index contributed by atoms with van der Waals surface area (Å²) in [6, 6.07) is 16.5. The van der Waals surface area contributed by atoms with Gasteiger partial charge >= 0.3 is 6.18 Å². The van der Waals surface area contributed by atoms with Gasteiger partial charge in [-0.2, -0.15) is 18.4 Å². The number of hydroxylamine groups is 1. The first-order chi connectivity index (χ1) is 16.5. The normalized spacial score (nSPS) is 17.3. The molecule has 0 fully saturated rings. The maximum absolute atomic E-state index is 14.2. The number of halogens is 5. The molecule has 178 valence electrons. The maximum Gasteiger partial charge on any atom is 0.428 e. The monoisotopic (exact) mass is 517 g/mol. The average Bonchev–Trinajstić information content (AvgIpc) is 3.27. The predicted octanol–water partition coefficient (Wildman–Crippen LogP) is 6.76. The Morgan fingerprint density at radius 2 is 1.80 bits per heavy atom. The predicted molar refractivity (Wildman–Crippen MR) is 127 cm³/mol. The van der Waals surface area contributed by atoms with Crippen molar-refractivity contribution in [3.05, 3.63) is 105 Å². The zero-order chi connectivity index (χ0) is 25.4. The van der Waals surface area contributed by atoms with Crippen LogP contribution in [-0.2, 0) is 10.4 Å². The summed E-state index contributed by atoms with van der Waals surface area (Å²) in [7, 11) is 0. The van der Waals surface area contributed by atoms with Crippen molar-refractivity contribution in [2.45, 2.75) is 18.7 Å². The fraction of sp³-hybridized carbons (Fsp3) is 0.120. The molecule has 10 heteroatoms. The topological polar surface area (TPSA) is 74.2 Å². The zero-order valence-electron chi connectivity index (χ0n) is 18.0. The Bertz CT molecular complexity index is 1380. The second-order valence-corrected chi connectivity index (χ2v) is 8.70. The van der Waals surface area contributed by atoms with Gasteiger partial charge < -0.3 is 5.32 Å². The Kier molecular flexibility index (Phi) is 6.52. The van der Waals surface area contributed by atoms with Gasteiger partial charge in [0.2, 0.25) is 5.60 Å². The van der Waals surface area contributed by atoms with E-state index in [2.05, 4.69) is 10.8 Å². The van der Waals surface area contributed by atoms with E-state index in [1.54, 1.807) is 37.3 Å². The lowest BCUT2D eigenvalue weighted by atomic mass is 9.91. The highest BCUT2D eigenvalue weighted by atomic mass is 35.5. The summed E-state index contributed by atoms with van der Waals surface area (Å²) in [4.78, 5) is 17.8. The maximum atomic E-state index is 14.2. The molecule has 0 spiro atoms. The SMILES string of the molecule is Cc1ccc(C2=CC(c3cc(Cl)cc(Cl)c3)(C(F)(F)F)ON2)cc1NC(=O)c1cccc(C#N)c1. The van der Waals surface area contributed by atoms with Gasteiger partial charge in [-0.05, 0) is 61.0 Å². The molecule has 3 aromatic rings. The average molecular weight is 518 g/mol. The highest BCUT2D eigenvalue weighted by molar-refractivity contribution is 6.34. The molecule has 2 N–H and O–H groups in total. The largest absolute Gasteiger partial charge is 0.428 e. The molecule has 35 heavy (non-hydrogen) atoms. The second-order valence-electron chi connectivity index (χ2n) is 7.83. The molecule has 1 atom stereocenters. The van der Waals surface area contributed by atoms with Gasteiger partial charge in [-0.1, -0.05) is 41.4 Å². The number of hydrogen-bond donors (Lipinski definition) is 2. The fourth-order valence-corrected chi connectivity index (χ4v) is 4.13. The highest BCUT2D eigenvalue weighted by Gasteiger charge is 2.59. The van der Waals surface area contributed by atoms with Gasteiger partial charge in [0, 0.05) is 32.4 Å². The van der Waals surface area contributed by atoms with Gasteiger partial charge in [-0.15, -0.1) is 0 Å². The Labute approximate surface area is 208 Å². The third kappa shape index (κ3) is 4.84. The minimum atomic E-state index is -4.84. The molecular weight excluding hydrogens is 502 g/mol. The van der Waals surface area contributed by atoms with E-state index >= 15 is 0 Å². The number of nitriles is 1. The van der Waals surface area contributed by atoms with Crippen molar-refractivity contribution >= 4 is 40.5 Å². The molecule has 1 aliphatic heterocycles. The quantitative estimate of drug-likeness (QED) is 0.401. The van der Waals surface area contributed by atoms with E-state index < -0.39 is 17.7 Å². The van der Waals surface area contributed by atoms with Crippen LogP contribution in [0.4, 0.5) is 18.9 Å². The number of alkyl halides is 3. The number of carbonyl (C=O) groups excluding carboxylic acids is 1. The standard InChI is InChI=1S/C25H16Cl2F3N3O2/c1-14-5-6-16(8-21(14)32-23(34)17-4-2-3-15(7-17)13-31)22-12-24(35-33-22,25(28,29)30)18-9-19(26)11-20(27)10-18/h2-12,33H,1H3,(H,32,34). The number of hydrogen-bond acceptors (Lipinski definition) is 4. The van der Waals surface area contributed by atoms with E-state index in [1.807, 2.05) is 6.07 Å². The van der Waals surface area contributed by atoms with E-state index in [1.165, 1.54) is 18.2 Å². The second kappa shape index (κ2) is 9.27. The minimum Gasteiger partial charge on any atom is -0.322 e. The van der Waals surface area contributed by atoms with Crippen LogP contribution in [0, 0.1) is 18.3 Å². The van der Waals surface area contributed by atoms with Gasteiger partial charge in [0.15, 0.2) is 0 Å². The zero-order valence-corrected chi connectivity index (χ0v) is 19.5. The smallest absolute Gasteiger partial charge is 0.322 e. The van der Waals surface area contributed by atoms with Crippen molar-refractivity contribution in [3.63, 3.8) is 0 Å². The number of nitrogens with zero attached hydrogens (tertiary/aromatic N) is 1. The number of benzene rings is 3. The molecule has 3 aromatic carbocycles. The van der Waals surface area contributed by atoms with E-state index in [0.717, 1.165) is 18.2 Å². The van der Waals surface area contributed by atoms with Gasteiger partial charge in [0.05, 0.1) is 17.3 Å². The molecule has 0 aromatic heterocycles. The van der Waals surface area contributed by atoms with Crippen molar-refractivity contribution in [1.82, 2.24) is 5.48 Å². The van der Waals surface area contributed by atoms with Crippen LogP contribution in [-0.4, -0.2) is 12.1 Å². The molecule has 1 amide bonds. The molecule has 0 radical (unpaired) electrons. The summed E-state index contributed by atoms with van der Waals surface area (Å²) in [5.41, 5.74) is 1.28. The molecule has 4 rings (SSSR count). The first-order valence-electron chi connectivity index (χ1n) is 10.1.